The third kappa shape index (κ3) is 4.27. The van der Waals surface area contributed by atoms with Crippen molar-refractivity contribution in [3.8, 4) is 6.07 Å². The average molecular weight is 407 g/mol. The summed E-state index contributed by atoms with van der Waals surface area (Å²) in [6.45, 7) is 8.71. The van der Waals surface area contributed by atoms with E-state index in [9.17, 15) is 10.1 Å². The van der Waals surface area contributed by atoms with Gasteiger partial charge in [-0.3, -0.25) is 4.79 Å². The van der Waals surface area contributed by atoms with Crippen LogP contribution in [0, 0.1) is 29.6 Å². The van der Waals surface area contributed by atoms with Gasteiger partial charge in [0.25, 0.3) is 0 Å². The summed E-state index contributed by atoms with van der Waals surface area (Å²) in [7, 11) is 0. The number of amides is 1. The lowest BCUT2D eigenvalue weighted by Gasteiger charge is -2.33. The van der Waals surface area contributed by atoms with Crippen molar-refractivity contribution >= 4 is 45.3 Å². The quantitative estimate of drug-likeness (QED) is 0.747. The second-order valence-corrected chi connectivity index (χ2v) is 11.1. The molecule has 1 amide bonds. The Morgan fingerprint density at radius 3 is 2.77 bits per heavy atom. The summed E-state index contributed by atoms with van der Waals surface area (Å²) in [5.74, 6) is 0.775. The number of nitriles is 1. The molecular weight excluding hydrogens is 384 g/mol. The monoisotopic (exact) mass is 406 g/mol. The Bertz CT molecular complexity index is 857. The summed E-state index contributed by atoms with van der Waals surface area (Å²) < 4.78 is 0.789. The van der Waals surface area contributed by atoms with Crippen molar-refractivity contribution in [1.29, 1.82) is 5.26 Å². The normalized spacial score (nSPS) is 16.8. The molecule has 0 spiro atoms. The Balaban J connectivity index is 1.70. The van der Waals surface area contributed by atoms with Gasteiger partial charge >= 0.3 is 0 Å². The summed E-state index contributed by atoms with van der Waals surface area (Å²) in [4.78, 5) is 13.6. The lowest BCUT2D eigenvalue weighted by atomic mass is 9.72. The first-order chi connectivity index (χ1) is 12.3. The zero-order valence-corrected chi connectivity index (χ0v) is 17.8. The number of carbonyl (C=O) groups is 1. The molecule has 2 aromatic heterocycles. The van der Waals surface area contributed by atoms with Crippen LogP contribution in [0.2, 0.25) is 0 Å². The number of aryl methyl sites for hydroxylation is 1. The van der Waals surface area contributed by atoms with Crippen molar-refractivity contribution in [3.05, 3.63) is 21.0 Å². The smallest absolute Gasteiger partial charge is 0.235 e. The van der Waals surface area contributed by atoms with Gasteiger partial charge in [-0.1, -0.05) is 43.9 Å². The highest BCUT2D eigenvalue weighted by Gasteiger charge is 2.32. The van der Waals surface area contributed by atoms with Crippen LogP contribution in [-0.4, -0.2) is 21.9 Å². The topological polar surface area (TPSA) is 78.7 Å². The molecule has 0 unspecified atom stereocenters. The second kappa shape index (κ2) is 7.67. The van der Waals surface area contributed by atoms with Crippen LogP contribution in [0.25, 0.3) is 0 Å². The maximum Gasteiger partial charge on any atom is 0.235 e. The van der Waals surface area contributed by atoms with E-state index in [-0.39, 0.29) is 17.1 Å². The summed E-state index contributed by atoms with van der Waals surface area (Å²) >= 11 is 4.43. The van der Waals surface area contributed by atoms with Crippen molar-refractivity contribution in [1.82, 2.24) is 10.2 Å². The van der Waals surface area contributed by atoms with Gasteiger partial charge in [0.1, 0.15) is 16.1 Å². The fraction of sp³-hybridized carbons (Fsp3) is 0.556. The molecule has 0 saturated heterocycles. The van der Waals surface area contributed by atoms with Gasteiger partial charge < -0.3 is 5.32 Å². The van der Waals surface area contributed by atoms with Gasteiger partial charge in [0.05, 0.1) is 11.3 Å². The van der Waals surface area contributed by atoms with E-state index < -0.39 is 0 Å². The number of hydrogen-bond donors (Lipinski definition) is 1. The highest BCUT2D eigenvalue weighted by Crippen LogP contribution is 2.44. The van der Waals surface area contributed by atoms with E-state index in [0.717, 1.165) is 34.2 Å². The molecule has 1 atom stereocenters. The van der Waals surface area contributed by atoms with Gasteiger partial charge in [-0.15, -0.1) is 21.5 Å². The Morgan fingerprint density at radius 1 is 1.38 bits per heavy atom. The number of nitrogens with one attached hydrogen (secondary N) is 1. The molecule has 1 N–H and O–H groups in total. The zero-order chi connectivity index (χ0) is 18.9. The minimum absolute atomic E-state index is 0.106. The third-order valence-electron chi connectivity index (χ3n) is 4.69. The first-order valence-corrected chi connectivity index (χ1v) is 11.2. The third-order valence-corrected chi connectivity index (χ3v) is 7.83. The first-order valence-electron chi connectivity index (χ1n) is 8.55. The molecule has 0 radical (unpaired) electrons. The van der Waals surface area contributed by atoms with E-state index in [0.29, 0.717) is 16.5 Å². The molecular formula is C18H22N4OS3. The summed E-state index contributed by atoms with van der Waals surface area (Å²) in [6.07, 6.45) is 3.01. The minimum Gasteiger partial charge on any atom is -0.316 e. The van der Waals surface area contributed by atoms with Crippen molar-refractivity contribution in [2.24, 2.45) is 11.3 Å². The Kier molecular flexibility index (Phi) is 5.70. The number of carbonyl (C=O) groups excluding carboxylic acids is 1. The number of thiophene rings is 1. The zero-order valence-electron chi connectivity index (χ0n) is 15.4. The van der Waals surface area contributed by atoms with Crippen LogP contribution in [0.4, 0.5) is 5.00 Å². The number of fused-ring (bicyclic) bond motifs is 1. The number of aromatic nitrogens is 2. The Hall–Kier alpha value is -1.43. The van der Waals surface area contributed by atoms with Crippen LogP contribution in [0.15, 0.2) is 4.34 Å². The Labute approximate surface area is 166 Å². The van der Waals surface area contributed by atoms with Crippen LogP contribution < -0.4 is 5.32 Å². The first kappa shape index (κ1) is 19.3. The minimum atomic E-state index is -0.106. The predicted octanol–water partition coefficient (Wildman–Crippen LogP) is 4.66. The van der Waals surface area contributed by atoms with Crippen LogP contribution in [0.3, 0.4) is 0 Å². The fourth-order valence-corrected chi connectivity index (χ4v) is 6.07. The number of rotatable bonds is 4. The molecule has 3 rings (SSSR count). The van der Waals surface area contributed by atoms with Gasteiger partial charge in [0, 0.05) is 4.88 Å². The molecule has 5 nitrogen and oxygen atoms in total. The molecule has 1 aliphatic rings. The molecule has 0 fully saturated rings. The number of anilines is 1. The molecule has 26 heavy (non-hydrogen) atoms. The second-order valence-electron chi connectivity index (χ2n) is 7.55. The van der Waals surface area contributed by atoms with E-state index in [2.05, 4.69) is 42.4 Å². The molecule has 1 aliphatic carbocycles. The average Bonchev–Trinajstić information content (AvgIpc) is 3.14. The van der Waals surface area contributed by atoms with Crippen LogP contribution in [0.5, 0.6) is 0 Å². The van der Waals surface area contributed by atoms with Crippen molar-refractivity contribution in [2.75, 3.05) is 11.1 Å². The van der Waals surface area contributed by atoms with Gasteiger partial charge in [-0.05, 0) is 43.1 Å². The highest BCUT2D eigenvalue weighted by atomic mass is 32.2. The van der Waals surface area contributed by atoms with E-state index >= 15 is 0 Å². The summed E-state index contributed by atoms with van der Waals surface area (Å²) in [5, 5.41) is 22.1. The number of nitrogens with zero attached hydrogens (tertiary/aromatic N) is 3. The van der Waals surface area contributed by atoms with Gasteiger partial charge in [-0.25, -0.2) is 0 Å². The molecule has 0 saturated carbocycles. The maximum absolute atomic E-state index is 12.3. The Morgan fingerprint density at radius 2 is 2.15 bits per heavy atom. The van der Waals surface area contributed by atoms with Gasteiger partial charge in [0.15, 0.2) is 4.34 Å². The summed E-state index contributed by atoms with van der Waals surface area (Å²) in [6, 6.07) is 2.31. The largest absolute Gasteiger partial charge is 0.316 e. The van der Waals surface area contributed by atoms with E-state index in [1.807, 2.05) is 6.92 Å². The molecule has 0 aliphatic heterocycles. The lowest BCUT2D eigenvalue weighted by Crippen LogP contribution is -2.26. The van der Waals surface area contributed by atoms with Crippen molar-refractivity contribution in [3.63, 3.8) is 0 Å². The number of thioether (sulfide) groups is 1. The van der Waals surface area contributed by atoms with Gasteiger partial charge in [0.2, 0.25) is 5.91 Å². The van der Waals surface area contributed by atoms with Gasteiger partial charge in [-0.2, -0.15) is 5.26 Å². The van der Waals surface area contributed by atoms with Crippen molar-refractivity contribution in [2.45, 2.75) is 51.3 Å². The molecule has 0 aromatic carbocycles. The van der Waals surface area contributed by atoms with Crippen LogP contribution in [0.1, 0.15) is 48.2 Å². The van der Waals surface area contributed by atoms with E-state index in [1.54, 1.807) is 11.3 Å². The predicted molar refractivity (Wildman–Crippen MR) is 108 cm³/mol. The van der Waals surface area contributed by atoms with Crippen molar-refractivity contribution < 1.29 is 4.79 Å². The van der Waals surface area contributed by atoms with Crippen LogP contribution in [-0.2, 0) is 17.6 Å². The standard InChI is InChI=1S/C18H22N4OS3/c1-10-21-22-17(25-10)24-9-15(23)20-16-13(8-19)12-6-5-11(18(2,3)4)7-14(12)26-16/h11H,5-7,9H2,1-4H3,(H,20,23)/t11-/m1/s1. The number of hydrogen-bond acceptors (Lipinski definition) is 7. The van der Waals surface area contributed by atoms with E-state index in [4.69, 9.17) is 0 Å². The van der Waals surface area contributed by atoms with E-state index in [1.165, 1.54) is 28.0 Å². The molecule has 2 heterocycles. The molecule has 2 aromatic rings. The molecule has 138 valence electrons. The SMILES string of the molecule is Cc1nnc(SCC(=O)Nc2sc3c(c2C#N)CC[C@@H](C(C)(C)C)C3)s1. The maximum atomic E-state index is 12.3. The molecule has 8 heteroatoms. The lowest BCUT2D eigenvalue weighted by molar-refractivity contribution is -0.113. The van der Waals surface area contributed by atoms with Crippen LogP contribution >= 0.6 is 34.4 Å². The fourth-order valence-electron chi connectivity index (χ4n) is 3.16. The molecule has 0 bridgehead atoms. The highest BCUT2D eigenvalue weighted by molar-refractivity contribution is 8.01. The summed E-state index contributed by atoms with van der Waals surface area (Å²) in [5.41, 5.74) is 2.05.